The monoisotopic (exact) mass is 267 g/mol. The van der Waals surface area contributed by atoms with Crippen molar-refractivity contribution in [2.45, 2.75) is 6.92 Å². The van der Waals surface area contributed by atoms with E-state index in [0.717, 1.165) is 5.56 Å². The van der Waals surface area contributed by atoms with Gasteiger partial charge in [-0.15, -0.1) is 0 Å². The van der Waals surface area contributed by atoms with Crippen LogP contribution in [0.15, 0.2) is 51.9 Å². The Labute approximate surface area is 115 Å². The highest BCUT2D eigenvalue weighted by Gasteiger charge is 2.12. The van der Waals surface area contributed by atoms with Crippen molar-refractivity contribution in [2.75, 3.05) is 5.73 Å². The molecule has 0 unspecified atom stereocenters. The molecular weight excluding hydrogens is 254 g/mol. The molecule has 4 nitrogen and oxygen atoms in total. The Hall–Kier alpha value is -2.75. The molecule has 1 aromatic heterocycles. The minimum Gasteiger partial charge on any atom is -0.508 e. The third-order valence-electron chi connectivity index (χ3n) is 3.38. The van der Waals surface area contributed by atoms with Gasteiger partial charge in [0.1, 0.15) is 17.6 Å². The van der Waals surface area contributed by atoms with E-state index in [0.29, 0.717) is 27.8 Å². The van der Waals surface area contributed by atoms with Gasteiger partial charge < -0.3 is 15.3 Å². The zero-order chi connectivity index (χ0) is 14.3. The zero-order valence-electron chi connectivity index (χ0n) is 10.9. The van der Waals surface area contributed by atoms with Crippen molar-refractivity contribution in [3.8, 4) is 16.9 Å². The maximum absolute atomic E-state index is 12.6. The predicted molar refractivity (Wildman–Crippen MR) is 78.7 cm³/mol. The van der Waals surface area contributed by atoms with Crippen molar-refractivity contribution in [3.05, 3.63) is 58.4 Å². The van der Waals surface area contributed by atoms with Crippen molar-refractivity contribution in [1.82, 2.24) is 0 Å². The molecule has 0 fully saturated rings. The topological polar surface area (TPSA) is 76.5 Å². The number of phenolic OH excluding ortho intramolecular Hbond substituents is 1. The molecular formula is C16H13NO3. The van der Waals surface area contributed by atoms with Gasteiger partial charge in [-0.05, 0) is 36.2 Å². The molecule has 3 N–H and O–H groups in total. The van der Waals surface area contributed by atoms with E-state index < -0.39 is 0 Å². The molecule has 0 bridgehead atoms. The van der Waals surface area contributed by atoms with Gasteiger partial charge in [0.2, 0.25) is 5.43 Å². The van der Waals surface area contributed by atoms with Crippen LogP contribution in [0.3, 0.4) is 0 Å². The standard InChI is InChI=1S/C16H13NO3/c1-9-2-7-13-14(15(9)17)16(19)12(8-20-13)10-3-5-11(18)6-4-10/h2-8,18H,17H2,1H3. The van der Waals surface area contributed by atoms with Crippen molar-refractivity contribution < 1.29 is 9.52 Å². The summed E-state index contributed by atoms with van der Waals surface area (Å²) in [6.07, 6.45) is 1.42. The summed E-state index contributed by atoms with van der Waals surface area (Å²) in [7, 11) is 0. The summed E-state index contributed by atoms with van der Waals surface area (Å²) in [6, 6.07) is 9.94. The second-order valence-corrected chi connectivity index (χ2v) is 4.69. The maximum atomic E-state index is 12.6. The summed E-state index contributed by atoms with van der Waals surface area (Å²) >= 11 is 0. The average molecular weight is 267 g/mol. The van der Waals surface area contributed by atoms with Gasteiger partial charge in [-0.2, -0.15) is 0 Å². The van der Waals surface area contributed by atoms with E-state index in [1.165, 1.54) is 18.4 Å². The third-order valence-corrected chi connectivity index (χ3v) is 3.38. The number of nitrogens with two attached hydrogens (primary N) is 1. The number of aryl methyl sites for hydroxylation is 1. The predicted octanol–water partition coefficient (Wildman–Crippen LogP) is 3.06. The summed E-state index contributed by atoms with van der Waals surface area (Å²) in [4.78, 5) is 12.6. The molecule has 0 atom stereocenters. The Kier molecular flexibility index (Phi) is 2.71. The summed E-state index contributed by atoms with van der Waals surface area (Å²) in [6.45, 7) is 1.85. The molecule has 0 amide bonds. The Balaban J connectivity index is 2.34. The van der Waals surface area contributed by atoms with Crippen molar-refractivity contribution in [2.24, 2.45) is 0 Å². The van der Waals surface area contributed by atoms with E-state index in [4.69, 9.17) is 10.2 Å². The number of rotatable bonds is 1. The first kappa shape index (κ1) is 12.3. The van der Waals surface area contributed by atoms with Crippen LogP contribution in [-0.4, -0.2) is 5.11 Å². The van der Waals surface area contributed by atoms with Gasteiger partial charge in [0.25, 0.3) is 0 Å². The van der Waals surface area contributed by atoms with Crippen molar-refractivity contribution in [3.63, 3.8) is 0 Å². The number of phenols is 1. The fraction of sp³-hybridized carbons (Fsp3) is 0.0625. The molecule has 1 heterocycles. The van der Waals surface area contributed by atoms with Crippen LogP contribution >= 0.6 is 0 Å². The molecule has 0 saturated heterocycles. The molecule has 3 aromatic rings. The molecule has 4 heteroatoms. The fourth-order valence-corrected chi connectivity index (χ4v) is 2.19. The minimum absolute atomic E-state index is 0.147. The highest BCUT2D eigenvalue weighted by atomic mass is 16.3. The summed E-state index contributed by atoms with van der Waals surface area (Å²) in [5, 5.41) is 9.70. The van der Waals surface area contributed by atoms with Crippen molar-refractivity contribution in [1.29, 1.82) is 0 Å². The molecule has 20 heavy (non-hydrogen) atoms. The highest BCUT2D eigenvalue weighted by Crippen LogP contribution is 2.26. The lowest BCUT2D eigenvalue weighted by molar-refractivity contribution is 0.475. The Morgan fingerprint density at radius 1 is 1.10 bits per heavy atom. The average Bonchev–Trinajstić information content (AvgIpc) is 2.44. The van der Waals surface area contributed by atoms with E-state index in [1.807, 2.05) is 13.0 Å². The van der Waals surface area contributed by atoms with E-state index in [9.17, 15) is 9.90 Å². The minimum atomic E-state index is -0.168. The first-order chi connectivity index (χ1) is 9.58. The number of hydrogen-bond donors (Lipinski definition) is 2. The number of nitrogen functional groups attached to an aromatic ring is 1. The van der Waals surface area contributed by atoms with E-state index >= 15 is 0 Å². The molecule has 0 aliphatic carbocycles. The first-order valence-corrected chi connectivity index (χ1v) is 6.18. The molecule has 0 spiro atoms. The van der Waals surface area contributed by atoms with E-state index in [-0.39, 0.29) is 11.2 Å². The molecule has 0 aliphatic rings. The lowest BCUT2D eigenvalue weighted by atomic mass is 10.0. The Morgan fingerprint density at radius 2 is 1.80 bits per heavy atom. The highest BCUT2D eigenvalue weighted by molar-refractivity contribution is 5.92. The van der Waals surface area contributed by atoms with Crippen LogP contribution in [0.1, 0.15) is 5.56 Å². The van der Waals surface area contributed by atoms with Crippen LogP contribution in [0.25, 0.3) is 22.1 Å². The maximum Gasteiger partial charge on any atom is 0.202 e. The van der Waals surface area contributed by atoms with Crippen LogP contribution in [0.5, 0.6) is 5.75 Å². The fourth-order valence-electron chi connectivity index (χ4n) is 2.19. The number of hydrogen-bond acceptors (Lipinski definition) is 4. The summed E-state index contributed by atoms with van der Waals surface area (Å²) in [5.41, 5.74) is 8.68. The second-order valence-electron chi connectivity index (χ2n) is 4.69. The van der Waals surface area contributed by atoms with Crippen LogP contribution in [-0.2, 0) is 0 Å². The largest absolute Gasteiger partial charge is 0.508 e. The molecule has 3 rings (SSSR count). The van der Waals surface area contributed by atoms with Crippen LogP contribution in [0.2, 0.25) is 0 Å². The molecule has 0 radical (unpaired) electrons. The van der Waals surface area contributed by atoms with Gasteiger partial charge >= 0.3 is 0 Å². The molecule has 100 valence electrons. The van der Waals surface area contributed by atoms with Crippen LogP contribution < -0.4 is 11.2 Å². The van der Waals surface area contributed by atoms with Gasteiger partial charge in [0.05, 0.1) is 10.9 Å². The van der Waals surface area contributed by atoms with Gasteiger partial charge in [0, 0.05) is 5.69 Å². The summed E-state index contributed by atoms with van der Waals surface area (Å²) < 4.78 is 5.50. The SMILES string of the molecule is Cc1ccc2occ(-c3ccc(O)cc3)c(=O)c2c1N. The number of aromatic hydroxyl groups is 1. The van der Waals surface area contributed by atoms with E-state index in [2.05, 4.69) is 0 Å². The zero-order valence-corrected chi connectivity index (χ0v) is 10.9. The molecule has 0 saturated carbocycles. The Bertz CT molecular complexity index is 848. The number of anilines is 1. The smallest absolute Gasteiger partial charge is 0.202 e. The molecule has 2 aromatic carbocycles. The summed E-state index contributed by atoms with van der Waals surface area (Å²) in [5.74, 6) is 0.147. The van der Waals surface area contributed by atoms with Gasteiger partial charge in [-0.3, -0.25) is 4.79 Å². The van der Waals surface area contributed by atoms with E-state index in [1.54, 1.807) is 18.2 Å². The third kappa shape index (κ3) is 1.82. The quantitative estimate of drug-likeness (QED) is 0.664. The lowest BCUT2D eigenvalue weighted by Gasteiger charge is -2.06. The lowest BCUT2D eigenvalue weighted by Crippen LogP contribution is -2.08. The van der Waals surface area contributed by atoms with Crippen molar-refractivity contribution >= 4 is 16.7 Å². The van der Waals surface area contributed by atoms with Gasteiger partial charge in [-0.25, -0.2) is 0 Å². The van der Waals surface area contributed by atoms with Gasteiger partial charge in [0.15, 0.2) is 0 Å². The first-order valence-electron chi connectivity index (χ1n) is 6.18. The van der Waals surface area contributed by atoms with Crippen LogP contribution in [0, 0.1) is 6.92 Å². The molecule has 0 aliphatic heterocycles. The number of fused-ring (bicyclic) bond motifs is 1. The normalized spacial score (nSPS) is 10.8. The van der Waals surface area contributed by atoms with Gasteiger partial charge in [-0.1, -0.05) is 18.2 Å². The van der Waals surface area contributed by atoms with Crippen LogP contribution in [0.4, 0.5) is 5.69 Å². The number of benzene rings is 2. The Morgan fingerprint density at radius 3 is 2.50 bits per heavy atom. The second kappa shape index (κ2) is 4.42.